The van der Waals surface area contributed by atoms with Gasteiger partial charge in [0, 0.05) is 19.1 Å². The molecule has 3 N–H and O–H groups in total. The van der Waals surface area contributed by atoms with Crippen LogP contribution in [0.1, 0.15) is 53.6 Å². The number of fused-ring (bicyclic) bond motifs is 1. The Labute approximate surface area is 156 Å². The molecular formula is C20H24FN3O3. The molecule has 6 nitrogen and oxygen atoms in total. The number of hydrogen-bond donors (Lipinski definition) is 2. The zero-order valence-electron chi connectivity index (χ0n) is 15.5. The van der Waals surface area contributed by atoms with Crippen molar-refractivity contribution in [1.29, 1.82) is 0 Å². The molecule has 27 heavy (non-hydrogen) atoms. The van der Waals surface area contributed by atoms with Gasteiger partial charge in [-0.3, -0.25) is 9.20 Å². The van der Waals surface area contributed by atoms with E-state index in [1.165, 1.54) is 10.5 Å². The monoisotopic (exact) mass is 373 g/mol. The third-order valence-corrected chi connectivity index (χ3v) is 5.97. The number of nitrogens with zero attached hydrogens (tertiary/aromatic N) is 2. The van der Waals surface area contributed by atoms with Crippen LogP contribution in [-0.2, 0) is 0 Å². The summed E-state index contributed by atoms with van der Waals surface area (Å²) >= 11 is 0. The number of carbonyl (C=O) groups is 1. The molecule has 1 aliphatic heterocycles. The molecule has 2 fully saturated rings. The molecule has 2 aliphatic rings. The van der Waals surface area contributed by atoms with E-state index in [-0.39, 0.29) is 17.5 Å². The number of rotatable bonds is 4. The fourth-order valence-corrected chi connectivity index (χ4v) is 4.31. The van der Waals surface area contributed by atoms with Crippen molar-refractivity contribution in [2.24, 2.45) is 11.7 Å². The van der Waals surface area contributed by atoms with Gasteiger partial charge in [-0.1, -0.05) is 0 Å². The minimum Gasteiger partial charge on any atom is -0.477 e. The first-order valence-corrected chi connectivity index (χ1v) is 9.41. The van der Waals surface area contributed by atoms with Gasteiger partial charge < -0.3 is 15.7 Å². The van der Waals surface area contributed by atoms with Crippen molar-refractivity contribution in [2.45, 2.75) is 45.1 Å². The van der Waals surface area contributed by atoms with E-state index in [4.69, 9.17) is 5.73 Å². The molecule has 1 saturated carbocycles. The van der Waals surface area contributed by atoms with E-state index in [2.05, 4.69) is 0 Å². The summed E-state index contributed by atoms with van der Waals surface area (Å²) < 4.78 is 16.2. The number of aryl methyl sites for hydroxylation is 1. The Morgan fingerprint density at radius 2 is 2.07 bits per heavy atom. The van der Waals surface area contributed by atoms with Crippen LogP contribution in [0.3, 0.4) is 0 Å². The predicted octanol–water partition coefficient (Wildman–Crippen LogP) is 2.50. The number of anilines is 1. The van der Waals surface area contributed by atoms with Crippen LogP contribution in [0.2, 0.25) is 0 Å². The van der Waals surface area contributed by atoms with Gasteiger partial charge in [0.2, 0.25) is 0 Å². The van der Waals surface area contributed by atoms with Crippen molar-refractivity contribution in [3.63, 3.8) is 0 Å². The number of aromatic carboxylic acids is 1. The Morgan fingerprint density at radius 3 is 2.63 bits per heavy atom. The van der Waals surface area contributed by atoms with E-state index in [1.807, 2.05) is 18.7 Å². The van der Waals surface area contributed by atoms with E-state index in [1.54, 1.807) is 0 Å². The molecule has 0 amide bonds. The summed E-state index contributed by atoms with van der Waals surface area (Å²) in [4.78, 5) is 26.1. The second-order valence-corrected chi connectivity index (χ2v) is 7.92. The first-order chi connectivity index (χ1) is 12.8. The van der Waals surface area contributed by atoms with E-state index >= 15 is 4.39 Å². The Balaban J connectivity index is 1.94. The van der Waals surface area contributed by atoms with Gasteiger partial charge in [-0.25, -0.2) is 9.18 Å². The summed E-state index contributed by atoms with van der Waals surface area (Å²) in [6.07, 6.45) is 3.96. The number of carboxylic acid groups (broad SMARTS) is 1. The maximum absolute atomic E-state index is 15.0. The number of nitrogens with two attached hydrogens (primary N) is 1. The lowest BCUT2D eigenvalue weighted by molar-refractivity contribution is 0.0694. The molecule has 0 radical (unpaired) electrons. The highest BCUT2D eigenvalue weighted by atomic mass is 19.1. The fraction of sp³-hybridized carbons (Fsp3) is 0.500. The molecule has 2 aromatic rings. The third-order valence-electron chi connectivity index (χ3n) is 5.97. The van der Waals surface area contributed by atoms with Crippen LogP contribution < -0.4 is 16.2 Å². The smallest absolute Gasteiger partial charge is 0.341 e. The second kappa shape index (κ2) is 6.34. The van der Waals surface area contributed by atoms with Gasteiger partial charge in [0.1, 0.15) is 5.56 Å². The zero-order valence-corrected chi connectivity index (χ0v) is 15.5. The Morgan fingerprint density at radius 1 is 1.37 bits per heavy atom. The Bertz CT molecular complexity index is 994. The molecule has 0 aromatic carbocycles. The maximum Gasteiger partial charge on any atom is 0.341 e. The Kier molecular flexibility index (Phi) is 4.22. The largest absolute Gasteiger partial charge is 0.477 e. The lowest BCUT2D eigenvalue weighted by Gasteiger charge is -2.24. The highest BCUT2D eigenvalue weighted by Crippen LogP contribution is 2.44. The van der Waals surface area contributed by atoms with Crippen LogP contribution in [0.4, 0.5) is 10.1 Å². The molecule has 0 spiro atoms. The molecule has 0 bridgehead atoms. The normalized spacial score (nSPS) is 21.0. The number of hydrogen-bond acceptors (Lipinski definition) is 4. The number of aromatic nitrogens is 1. The van der Waals surface area contributed by atoms with Crippen LogP contribution in [0.15, 0.2) is 17.1 Å². The Hall–Kier alpha value is -2.41. The number of pyridine rings is 2. The quantitative estimate of drug-likeness (QED) is 0.860. The van der Waals surface area contributed by atoms with Gasteiger partial charge in [-0.2, -0.15) is 0 Å². The van der Waals surface area contributed by atoms with E-state index in [0.717, 1.165) is 37.6 Å². The van der Waals surface area contributed by atoms with Crippen LogP contribution in [0.5, 0.6) is 0 Å². The van der Waals surface area contributed by atoms with Gasteiger partial charge >= 0.3 is 5.97 Å². The molecule has 2 aromatic heterocycles. The molecular weight excluding hydrogens is 349 g/mol. The average molecular weight is 373 g/mol. The summed E-state index contributed by atoms with van der Waals surface area (Å²) in [7, 11) is 0. The molecule has 4 rings (SSSR count). The van der Waals surface area contributed by atoms with Crippen LogP contribution in [0, 0.1) is 18.7 Å². The van der Waals surface area contributed by atoms with Crippen LogP contribution in [-0.4, -0.2) is 34.6 Å². The van der Waals surface area contributed by atoms with Crippen molar-refractivity contribution in [3.8, 4) is 0 Å². The molecule has 1 saturated heterocycles. The summed E-state index contributed by atoms with van der Waals surface area (Å²) in [6.45, 7) is 5.19. The average Bonchev–Trinajstić information content (AvgIpc) is 3.32. The molecule has 3 heterocycles. The molecule has 7 heteroatoms. The lowest BCUT2D eigenvalue weighted by Crippen LogP contribution is -2.31. The minimum absolute atomic E-state index is 0.0431. The fourth-order valence-electron chi connectivity index (χ4n) is 4.31. The van der Waals surface area contributed by atoms with Crippen molar-refractivity contribution in [1.82, 2.24) is 4.40 Å². The standard InChI is InChI=1S/C20H24FN3O3/c1-10-17-14(12-3-4-12)7-15(20(26)27)19(25)24(17)9-16(21)18(10)23-6-5-13(8-23)11(2)22/h7,9,11-13H,3-6,8,22H2,1-2H3,(H,26,27)/t11-,13?/m0/s1. The van der Waals surface area contributed by atoms with Crippen molar-refractivity contribution in [2.75, 3.05) is 18.0 Å². The summed E-state index contributed by atoms with van der Waals surface area (Å²) in [5.41, 5.74) is 7.69. The minimum atomic E-state index is -1.28. The van der Waals surface area contributed by atoms with Crippen molar-refractivity contribution in [3.05, 3.63) is 45.1 Å². The molecule has 144 valence electrons. The topological polar surface area (TPSA) is 88.0 Å². The van der Waals surface area contributed by atoms with E-state index in [0.29, 0.717) is 29.2 Å². The van der Waals surface area contributed by atoms with Crippen molar-refractivity contribution >= 4 is 17.2 Å². The summed E-state index contributed by atoms with van der Waals surface area (Å²) in [5.74, 6) is -1.25. The highest BCUT2D eigenvalue weighted by molar-refractivity contribution is 5.89. The number of halogens is 1. The van der Waals surface area contributed by atoms with Gasteiger partial charge in [0.05, 0.1) is 17.4 Å². The van der Waals surface area contributed by atoms with Gasteiger partial charge in [0.25, 0.3) is 5.56 Å². The van der Waals surface area contributed by atoms with Crippen LogP contribution in [0.25, 0.3) is 5.52 Å². The molecule has 1 unspecified atom stereocenters. The second-order valence-electron chi connectivity index (χ2n) is 7.92. The maximum atomic E-state index is 15.0. The third kappa shape index (κ3) is 2.90. The van der Waals surface area contributed by atoms with Gasteiger partial charge in [0.15, 0.2) is 5.82 Å². The zero-order chi connectivity index (χ0) is 19.5. The number of carboxylic acids is 1. The first kappa shape index (κ1) is 18.0. The lowest BCUT2D eigenvalue weighted by atomic mass is 10.0. The van der Waals surface area contributed by atoms with Gasteiger partial charge in [-0.05, 0) is 62.1 Å². The van der Waals surface area contributed by atoms with Crippen molar-refractivity contribution < 1.29 is 14.3 Å². The molecule has 1 aliphatic carbocycles. The van der Waals surface area contributed by atoms with Gasteiger partial charge in [-0.15, -0.1) is 0 Å². The predicted molar refractivity (Wildman–Crippen MR) is 101 cm³/mol. The highest BCUT2D eigenvalue weighted by Gasteiger charge is 2.32. The summed E-state index contributed by atoms with van der Waals surface area (Å²) in [6, 6.07) is 1.53. The first-order valence-electron chi connectivity index (χ1n) is 9.41. The van der Waals surface area contributed by atoms with E-state index < -0.39 is 17.3 Å². The van der Waals surface area contributed by atoms with Crippen LogP contribution >= 0.6 is 0 Å². The molecule has 2 atom stereocenters. The SMILES string of the molecule is Cc1c(N2CCC([C@H](C)N)C2)c(F)cn2c(=O)c(C(=O)O)cc(C3CC3)c12. The van der Waals surface area contributed by atoms with E-state index in [9.17, 15) is 14.7 Å². The summed E-state index contributed by atoms with van der Waals surface area (Å²) in [5, 5.41) is 9.37.